The SMILES string of the molecule is CC1(C)CC[C@@H](c2ccc(F)cc2[C@@H](C(=O)O)N2CC[C@@H](OCCCCc3ccc4c(n3)NCCC4)C2)OC1. The van der Waals surface area contributed by atoms with E-state index >= 15 is 0 Å². The largest absolute Gasteiger partial charge is 0.480 e. The lowest BCUT2D eigenvalue weighted by Crippen LogP contribution is -2.35. The molecule has 4 heterocycles. The van der Waals surface area contributed by atoms with Gasteiger partial charge in [0.05, 0.1) is 18.8 Å². The molecule has 7 nitrogen and oxygen atoms in total. The molecule has 0 unspecified atom stereocenters. The number of fused-ring (bicyclic) bond motifs is 1. The lowest BCUT2D eigenvalue weighted by Gasteiger charge is -2.36. The molecule has 3 aliphatic rings. The first kappa shape index (κ1) is 28.0. The highest BCUT2D eigenvalue weighted by Crippen LogP contribution is 2.41. The molecule has 212 valence electrons. The molecule has 8 heteroatoms. The van der Waals surface area contributed by atoms with Crippen LogP contribution in [0.25, 0.3) is 0 Å². The first-order valence-corrected chi connectivity index (χ1v) is 14.5. The number of hydrogen-bond donors (Lipinski definition) is 2. The summed E-state index contributed by atoms with van der Waals surface area (Å²) in [7, 11) is 0. The molecule has 0 bridgehead atoms. The predicted octanol–water partition coefficient (Wildman–Crippen LogP) is 5.70. The summed E-state index contributed by atoms with van der Waals surface area (Å²) in [6, 6.07) is 7.90. The average molecular weight is 540 g/mol. The van der Waals surface area contributed by atoms with Crippen LogP contribution in [0.3, 0.4) is 0 Å². The second kappa shape index (κ2) is 12.3. The standard InChI is InChI=1S/C31H42FN3O4/c1-31(2)14-12-27(39-20-31)25-11-9-22(32)18-26(25)28(30(36)37)35-16-13-24(19-35)38-17-4-3-7-23-10-8-21-6-5-15-33-29(21)34-23/h8-11,18,24,27-28H,3-7,12-17,19-20H2,1-2H3,(H,33,34)(H,36,37)/t24-,27+,28+/m1/s1. The van der Waals surface area contributed by atoms with Crippen LogP contribution in [-0.2, 0) is 27.1 Å². The number of aryl methyl sites for hydroxylation is 2. The number of ether oxygens (including phenoxy) is 2. The summed E-state index contributed by atoms with van der Waals surface area (Å²) in [5.74, 6) is -0.354. The molecular weight excluding hydrogens is 497 g/mol. The highest BCUT2D eigenvalue weighted by atomic mass is 19.1. The van der Waals surface area contributed by atoms with E-state index < -0.39 is 17.8 Å². The van der Waals surface area contributed by atoms with Gasteiger partial charge in [-0.3, -0.25) is 9.69 Å². The number of carbonyl (C=O) groups is 1. The van der Waals surface area contributed by atoms with Crippen molar-refractivity contribution in [1.82, 2.24) is 9.88 Å². The second-order valence-electron chi connectivity index (χ2n) is 12.1. The molecule has 1 aromatic carbocycles. The minimum absolute atomic E-state index is 0.0262. The molecule has 2 saturated heterocycles. The molecule has 3 atom stereocenters. The average Bonchev–Trinajstić information content (AvgIpc) is 3.37. The Morgan fingerprint density at radius 3 is 2.95 bits per heavy atom. The van der Waals surface area contributed by atoms with Crippen molar-refractivity contribution in [1.29, 1.82) is 0 Å². The van der Waals surface area contributed by atoms with E-state index in [2.05, 4.69) is 31.3 Å². The molecule has 2 aromatic rings. The maximum Gasteiger partial charge on any atom is 0.325 e. The van der Waals surface area contributed by atoms with Gasteiger partial charge in [-0.15, -0.1) is 0 Å². The van der Waals surface area contributed by atoms with Crippen LogP contribution >= 0.6 is 0 Å². The third kappa shape index (κ3) is 6.97. The van der Waals surface area contributed by atoms with Gasteiger partial charge in [0.2, 0.25) is 0 Å². The van der Waals surface area contributed by atoms with E-state index in [-0.39, 0.29) is 17.6 Å². The van der Waals surface area contributed by atoms with E-state index in [0.717, 1.165) is 75.0 Å². The van der Waals surface area contributed by atoms with Crippen LogP contribution in [0.4, 0.5) is 10.2 Å². The van der Waals surface area contributed by atoms with Crippen LogP contribution in [0.1, 0.15) is 86.9 Å². The van der Waals surface area contributed by atoms with E-state index in [9.17, 15) is 14.3 Å². The van der Waals surface area contributed by atoms with E-state index in [1.54, 1.807) is 6.07 Å². The zero-order valence-corrected chi connectivity index (χ0v) is 23.3. The summed E-state index contributed by atoms with van der Waals surface area (Å²) in [5, 5.41) is 13.6. The minimum Gasteiger partial charge on any atom is -0.480 e. The van der Waals surface area contributed by atoms with Gasteiger partial charge < -0.3 is 19.9 Å². The number of aromatic nitrogens is 1. The Hall–Kier alpha value is -2.55. The van der Waals surface area contributed by atoms with E-state index in [1.807, 2.05) is 4.90 Å². The first-order chi connectivity index (χ1) is 18.8. The van der Waals surface area contributed by atoms with E-state index in [4.69, 9.17) is 14.5 Å². The third-order valence-electron chi connectivity index (χ3n) is 8.36. The zero-order valence-electron chi connectivity index (χ0n) is 23.3. The van der Waals surface area contributed by atoms with E-state index in [1.165, 1.54) is 17.7 Å². The van der Waals surface area contributed by atoms with Crippen molar-refractivity contribution in [3.8, 4) is 0 Å². The fourth-order valence-electron chi connectivity index (χ4n) is 6.10. The van der Waals surface area contributed by atoms with Gasteiger partial charge in [0.15, 0.2) is 0 Å². The van der Waals surface area contributed by atoms with Crippen molar-refractivity contribution < 1.29 is 23.8 Å². The smallest absolute Gasteiger partial charge is 0.325 e. The van der Waals surface area contributed by atoms with Crippen molar-refractivity contribution >= 4 is 11.8 Å². The third-order valence-corrected chi connectivity index (χ3v) is 8.36. The molecular formula is C31H42FN3O4. The molecule has 0 spiro atoms. The van der Waals surface area contributed by atoms with Gasteiger partial charge in [-0.05, 0) is 91.7 Å². The number of hydrogen-bond acceptors (Lipinski definition) is 6. The van der Waals surface area contributed by atoms with Crippen LogP contribution in [0, 0.1) is 11.2 Å². The Kier molecular flexibility index (Phi) is 8.84. The van der Waals surface area contributed by atoms with Crippen molar-refractivity contribution in [3.63, 3.8) is 0 Å². The minimum atomic E-state index is -0.967. The molecule has 0 amide bonds. The lowest BCUT2D eigenvalue weighted by atomic mass is 9.82. The summed E-state index contributed by atoms with van der Waals surface area (Å²) in [4.78, 5) is 19.2. The van der Waals surface area contributed by atoms with Gasteiger partial charge in [0, 0.05) is 31.9 Å². The number of carboxylic acid groups (broad SMARTS) is 1. The number of nitrogens with zero attached hydrogens (tertiary/aromatic N) is 2. The molecule has 3 aliphatic heterocycles. The van der Waals surface area contributed by atoms with Crippen molar-refractivity contribution in [2.45, 2.75) is 83.5 Å². The van der Waals surface area contributed by atoms with Crippen LogP contribution in [-0.4, -0.2) is 59.9 Å². The number of pyridine rings is 1. The van der Waals surface area contributed by atoms with Crippen molar-refractivity contribution in [2.24, 2.45) is 5.41 Å². The molecule has 1 aromatic heterocycles. The van der Waals surface area contributed by atoms with Gasteiger partial charge >= 0.3 is 5.97 Å². The number of halogens is 1. The summed E-state index contributed by atoms with van der Waals surface area (Å²) >= 11 is 0. The maximum atomic E-state index is 14.4. The molecule has 2 fully saturated rings. The second-order valence-corrected chi connectivity index (χ2v) is 12.1. The van der Waals surface area contributed by atoms with Crippen molar-refractivity contribution in [2.75, 3.05) is 38.2 Å². The van der Waals surface area contributed by atoms with Crippen LogP contribution in [0.15, 0.2) is 30.3 Å². The zero-order chi connectivity index (χ0) is 27.4. The van der Waals surface area contributed by atoms with Gasteiger partial charge in [-0.2, -0.15) is 0 Å². The highest BCUT2D eigenvalue weighted by Gasteiger charge is 2.38. The topological polar surface area (TPSA) is 83.9 Å². The Morgan fingerprint density at radius 1 is 1.28 bits per heavy atom. The van der Waals surface area contributed by atoms with Gasteiger partial charge in [0.25, 0.3) is 0 Å². The van der Waals surface area contributed by atoms with Crippen LogP contribution in [0.2, 0.25) is 0 Å². The fourth-order valence-corrected chi connectivity index (χ4v) is 6.10. The monoisotopic (exact) mass is 539 g/mol. The Labute approximate surface area is 231 Å². The Balaban J connectivity index is 1.14. The first-order valence-electron chi connectivity index (χ1n) is 14.5. The summed E-state index contributed by atoms with van der Waals surface area (Å²) < 4.78 is 26.7. The number of likely N-dealkylation sites (tertiary alicyclic amines) is 1. The van der Waals surface area contributed by atoms with Gasteiger partial charge in [0.1, 0.15) is 17.7 Å². The number of carboxylic acids is 1. The number of anilines is 1. The maximum absolute atomic E-state index is 14.4. The summed E-state index contributed by atoms with van der Waals surface area (Å²) in [6.45, 7) is 7.68. The van der Waals surface area contributed by atoms with Gasteiger partial charge in [-0.1, -0.05) is 26.0 Å². The number of aliphatic carboxylic acids is 1. The van der Waals surface area contributed by atoms with Crippen LogP contribution < -0.4 is 5.32 Å². The Morgan fingerprint density at radius 2 is 2.15 bits per heavy atom. The number of nitrogens with one attached hydrogen (secondary N) is 1. The molecule has 2 N–H and O–H groups in total. The predicted molar refractivity (Wildman–Crippen MR) is 148 cm³/mol. The van der Waals surface area contributed by atoms with E-state index in [0.29, 0.717) is 31.9 Å². The molecule has 0 aliphatic carbocycles. The highest BCUT2D eigenvalue weighted by molar-refractivity contribution is 5.76. The molecule has 0 radical (unpaired) electrons. The molecule has 0 saturated carbocycles. The number of unbranched alkanes of at least 4 members (excludes halogenated alkanes) is 1. The Bertz CT molecular complexity index is 1150. The van der Waals surface area contributed by atoms with Gasteiger partial charge in [-0.25, -0.2) is 9.37 Å². The summed E-state index contributed by atoms with van der Waals surface area (Å²) in [5.41, 5.74) is 3.79. The van der Waals surface area contributed by atoms with Crippen LogP contribution in [0.5, 0.6) is 0 Å². The number of rotatable bonds is 10. The number of benzene rings is 1. The molecule has 39 heavy (non-hydrogen) atoms. The molecule has 5 rings (SSSR count). The fraction of sp³-hybridized carbons (Fsp3) is 0.613. The van der Waals surface area contributed by atoms with Crippen molar-refractivity contribution in [3.05, 3.63) is 58.5 Å². The lowest BCUT2D eigenvalue weighted by molar-refractivity contribution is -0.143. The summed E-state index contributed by atoms with van der Waals surface area (Å²) in [6.07, 6.45) is 7.38. The normalized spacial score (nSPS) is 23.7. The quantitative estimate of drug-likeness (QED) is 0.375.